The molecule has 138 valence electrons. The van der Waals surface area contributed by atoms with Crippen LogP contribution in [0.3, 0.4) is 0 Å². The van der Waals surface area contributed by atoms with Crippen molar-refractivity contribution in [2.45, 2.75) is 32.1 Å². The van der Waals surface area contributed by atoms with Gasteiger partial charge in [0.05, 0.1) is 12.8 Å². The summed E-state index contributed by atoms with van der Waals surface area (Å²) in [7, 11) is 1.42. The van der Waals surface area contributed by atoms with Gasteiger partial charge in [-0.05, 0) is 37.6 Å². The smallest absolute Gasteiger partial charge is 0.226 e. The molecule has 5 nitrogen and oxygen atoms in total. The highest BCUT2D eigenvalue weighted by molar-refractivity contribution is 7.14. The Morgan fingerprint density at radius 3 is 2.76 bits per heavy atom. The van der Waals surface area contributed by atoms with Gasteiger partial charge in [0, 0.05) is 17.4 Å². The first-order chi connectivity index (χ1) is 11.6. The van der Waals surface area contributed by atoms with Crippen molar-refractivity contribution in [1.82, 2.24) is 4.98 Å². The summed E-state index contributed by atoms with van der Waals surface area (Å²) in [6, 6.07) is 4.67. The van der Waals surface area contributed by atoms with E-state index in [4.69, 9.17) is 10.5 Å². The van der Waals surface area contributed by atoms with E-state index in [-0.39, 0.29) is 24.1 Å². The van der Waals surface area contributed by atoms with Crippen LogP contribution in [-0.2, 0) is 4.79 Å². The van der Waals surface area contributed by atoms with Crippen LogP contribution in [0.5, 0.6) is 5.75 Å². The lowest BCUT2D eigenvalue weighted by Crippen LogP contribution is -2.10. The average molecular weight is 388 g/mol. The number of ether oxygens (including phenoxy) is 1. The molecule has 0 saturated heterocycles. The van der Waals surface area contributed by atoms with Crippen LogP contribution in [0.1, 0.15) is 32.1 Å². The van der Waals surface area contributed by atoms with Crippen LogP contribution in [0.15, 0.2) is 23.6 Å². The number of nitrogens with zero attached hydrogens (tertiary/aromatic N) is 1. The Labute approximate surface area is 157 Å². The minimum absolute atomic E-state index is 0. The maximum atomic E-state index is 13.8. The number of nitrogens with one attached hydrogen (secondary N) is 1. The largest absolute Gasteiger partial charge is 0.494 e. The predicted molar refractivity (Wildman–Crippen MR) is 102 cm³/mol. The summed E-state index contributed by atoms with van der Waals surface area (Å²) in [6.07, 6.45) is 4.35. The molecule has 8 heteroatoms. The minimum Gasteiger partial charge on any atom is -0.494 e. The Balaban J connectivity index is 0.00000312. The molecule has 0 bridgehead atoms. The number of hydrogen-bond donors (Lipinski definition) is 2. The lowest BCUT2D eigenvalue weighted by molar-refractivity contribution is -0.116. The average Bonchev–Trinajstić information content (AvgIpc) is 3.03. The molecule has 1 aromatic carbocycles. The molecule has 1 heterocycles. The van der Waals surface area contributed by atoms with Gasteiger partial charge in [0.15, 0.2) is 16.7 Å². The summed E-state index contributed by atoms with van der Waals surface area (Å²) in [5.74, 6) is -0.298. The third-order valence-electron chi connectivity index (χ3n) is 3.56. The maximum Gasteiger partial charge on any atom is 0.226 e. The zero-order chi connectivity index (χ0) is 17.4. The van der Waals surface area contributed by atoms with Crippen LogP contribution in [0.25, 0.3) is 11.3 Å². The van der Waals surface area contributed by atoms with Crippen LogP contribution in [0, 0.1) is 5.82 Å². The molecule has 1 amide bonds. The van der Waals surface area contributed by atoms with Gasteiger partial charge in [-0.2, -0.15) is 0 Å². The number of unbranched alkanes of at least 4 members (excludes halogenated alkanes) is 3. The Kier molecular flexibility index (Phi) is 9.41. The molecular weight excluding hydrogens is 365 g/mol. The molecule has 2 rings (SSSR count). The van der Waals surface area contributed by atoms with Crippen molar-refractivity contribution < 1.29 is 13.9 Å². The minimum atomic E-state index is -0.439. The molecule has 0 aliphatic carbocycles. The molecule has 0 radical (unpaired) electrons. The number of rotatable bonds is 9. The SMILES string of the molecule is COc1ccc(-c2csc(NC(=O)CCCCCCN)n2)cc1F.Cl. The van der Waals surface area contributed by atoms with Gasteiger partial charge in [0.1, 0.15) is 0 Å². The summed E-state index contributed by atoms with van der Waals surface area (Å²) in [4.78, 5) is 16.2. The van der Waals surface area contributed by atoms with Crippen LogP contribution in [-0.4, -0.2) is 24.5 Å². The van der Waals surface area contributed by atoms with Gasteiger partial charge in [-0.25, -0.2) is 9.37 Å². The van der Waals surface area contributed by atoms with E-state index in [1.165, 1.54) is 24.5 Å². The molecule has 0 aliphatic rings. The van der Waals surface area contributed by atoms with E-state index in [2.05, 4.69) is 10.3 Å². The van der Waals surface area contributed by atoms with E-state index in [9.17, 15) is 9.18 Å². The molecule has 25 heavy (non-hydrogen) atoms. The normalized spacial score (nSPS) is 10.2. The molecule has 3 N–H and O–H groups in total. The Morgan fingerprint density at radius 1 is 1.32 bits per heavy atom. The predicted octanol–water partition coefficient (Wildman–Crippen LogP) is 4.23. The number of hydrogen-bond acceptors (Lipinski definition) is 5. The Hall–Kier alpha value is -1.70. The van der Waals surface area contributed by atoms with Gasteiger partial charge in [0.2, 0.25) is 5.91 Å². The quantitative estimate of drug-likeness (QED) is 0.631. The molecule has 1 aromatic heterocycles. The summed E-state index contributed by atoms with van der Waals surface area (Å²) in [5.41, 5.74) is 6.70. The van der Waals surface area contributed by atoms with Crippen molar-refractivity contribution in [3.05, 3.63) is 29.4 Å². The van der Waals surface area contributed by atoms with Gasteiger partial charge in [-0.3, -0.25) is 4.79 Å². The molecule has 0 saturated carbocycles. The first-order valence-corrected chi connectivity index (χ1v) is 8.81. The van der Waals surface area contributed by atoms with Crippen molar-refractivity contribution in [3.8, 4) is 17.0 Å². The molecular formula is C17H23ClFN3O2S. The highest BCUT2D eigenvalue weighted by atomic mass is 35.5. The number of carbonyl (C=O) groups excluding carboxylic acids is 1. The summed E-state index contributed by atoms with van der Waals surface area (Å²) < 4.78 is 18.7. The van der Waals surface area contributed by atoms with E-state index in [1.807, 2.05) is 0 Å². The number of carbonyl (C=O) groups is 1. The summed E-state index contributed by atoms with van der Waals surface area (Å²) in [5, 5.41) is 5.10. The number of amides is 1. The maximum absolute atomic E-state index is 13.8. The fourth-order valence-electron chi connectivity index (χ4n) is 2.25. The topological polar surface area (TPSA) is 77.2 Å². The second-order valence-corrected chi connectivity index (χ2v) is 6.25. The summed E-state index contributed by atoms with van der Waals surface area (Å²) >= 11 is 1.32. The summed E-state index contributed by atoms with van der Waals surface area (Å²) in [6.45, 7) is 0.694. The van der Waals surface area contributed by atoms with Gasteiger partial charge in [-0.15, -0.1) is 23.7 Å². The third kappa shape index (κ3) is 6.61. The van der Waals surface area contributed by atoms with Crippen molar-refractivity contribution >= 4 is 34.8 Å². The van der Waals surface area contributed by atoms with E-state index >= 15 is 0 Å². The first kappa shape index (κ1) is 21.3. The molecule has 0 aliphatic heterocycles. The van der Waals surface area contributed by atoms with E-state index in [0.29, 0.717) is 29.4 Å². The molecule has 0 spiro atoms. The van der Waals surface area contributed by atoms with Crippen molar-refractivity contribution in [2.24, 2.45) is 5.73 Å². The number of nitrogens with two attached hydrogens (primary N) is 1. The Bertz CT molecular complexity index is 682. The van der Waals surface area contributed by atoms with Gasteiger partial charge in [0.25, 0.3) is 0 Å². The van der Waals surface area contributed by atoms with Crippen molar-refractivity contribution in [1.29, 1.82) is 0 Å². The molecule has 0 unspecified atom stereocenters. The number of benzene rings is 1. The fourth-order valence-corrected chi connectivity index (χ4v) is 2.99. The standard InChI is InChI=1S/C17H22FN3O2S.ClH/c1-23-15-8-7-12(10-13(15)18)14-11-24-17(20-14)21-16(22)6-4-2-3-5-9-19;/h7-8,10-11H,2-6,9,19H2,1H3,(H,20,21,22);1H. The first-order valence-electron chi connectivity index (χ1n) is 7.93. The lowest BCUT2D eigenvalue weighted by atomic mass is 10.1. The highest BCUT2D eigenvalue weighted by Gasteiger charge is 2.10. The third-order valence-corrected chi connectivity index (χ3v) is 4.31. The zero-order valence-corrected chi connectivity index (χ0v) is 15.7. The second-order valence-electron chi connectivity index (χ2n) is 5.39. The van der Waals surface area contributed by atoms with Crippen molar-refractivity contribution in [2.75, 3.05) is 19.0 Å². The van der Waals surface area contributed by atoms with Crippen molar-refractivity contribution in [3.63, 3.8) is 0 Å². The molecule has 2 aromatic rings. The molecule has 0 fully saturated rings. The Morgan fingerprint density at radius 2 is 2.08 bits per heavy atom. The fraction of sp³-hybridized carbons (Fsp3) is 0.412. The van der Waals surface area contributed by atoms with Crippen LogP contribution >= 0.6 is 23.7 Å². The lowest BCUT2D eigenvalue weighted by Gasteiger charge is -2.03. The van der Waals surface area contributed by atoms with Gasteiger partial charge < -0.3 is 15.8 Å². The van der Waals surface area contributed by atoms with Crippen LogP contribution < -0.4 is 15.8 Å². The number of thiazole rings is 1. The second kappa shape index (κ2) is 11.0. The molecule has 0 atom stereocenters. The number of halogens is 2. The number of aromatic nitrogens is 1. The van der Waals surface area contributed by atoms with E-state index < -0.39 is 5.82 Å². The highest BCUT2D eigenvalue weighted by Crippen LogP contribution is 2.28. The van der Waals surface area contributed by atoms with Gasteiger partial charge in [-0.1, -0.05) is 12.8 Å². The number of anilines is 1. The number of methoxy groups -OCH3 is 1. The monoisotopic (exact) mass is 387 g/mol. The van der Waals surface area contributed by atoms with E-state index in [1.54, 1.807) is 17.5 Å². The zero-order valence-electron chi connectivity index (χ0n) is 14.1. The van der Waals surface area contributed by atoms with Gasteiger partial charge >= 0.3 is 0 Å². The van der Waals surface area contributed by atoms with E-state index in [0.717, 1.165) is 25.7 Å². The van der Waals surface area contributed by atoms with Crippen LogP contribution in [0.4, 0.5) is 9.52 Å². The van der Waals surface area contributed by atoms with Crippen LogP contribution in [0.2, 0.25) is 0 Å².